The Morgan fingerprint density at radius 1 is 1.04 bits per heavy atom. The van der Waals surface area contributed by atoms with Crippen LogP contribution in [0.25, 0.3) is 22.1 Å². The minimum atomic E-state index is -0.578. The molecule has 4 rings (SSSR count). The minimum absolute atomic E-state index is 0.192. The van der Waals surface area contributed by atoms with E-state index >= 15 is 0 Å². The zero-order valence-corrected chi connectivity index (χ0v) is 13.0. The Bertz CT molecular complexity index is 1130. The summed E-state index contributed by atoms with van der Waals surface area (Å²) in [6, 6.07) is 14.1. The molecule has 0 spiro atoms. The number of halogens is 1. The molecule has 0 atom stereocenters. The summed E-state index contributed by atoms with van der Waals surface area (Å²) in [7, 11) is 0. The molecule has 6 nitrogen and oxygen atoms in total. The molecule has 0 aliphatic rings. The fourth-order valence-corrected chi connectivity index (χ4v) is 2.67. The van der Waals surface area contributed by atoms with Gasteiger partial charge < -0.3 is 15.3 Å². The first-order valence-electron chi connectivity index (χ1n) is 7.19. The third-order valence-corrected chi connectivity index (χ3v) is 3.93. The molecule has 2 aromatic heterocycles. The van der Waals surface area contributed by atoms with Crippen molar-refractivity contribution in [1.82, 2.24) is 15.0 Å². The summed E-state index contributed by atoms with van der Waals surface area (Å²) in [5, 5.41) is 4.04. The largest absolute Gasteiger partial charge is 0.339 e. The molecule has 24 heavy (non-hydrogen) atoms. The zero-order valence-electron chi connectivity index (χ0n) is 12.3. The van der Waals surface area contributed by atoms with Gasteiger partial charge in [-0.3, -0.25) is 9.59 Å². The van der Waals surface area contributed by atoms with E-state index in [4.69, 9.17) is 11.6 Å². The van der Waals surface area contributed by atoms with Crippen molar-refractivity contribution in [2.75, 3.05) is 5.32 Å². The van der Waals surface area contributed by atoms with Crippen LogP contribution in [0.4, 0.5) is 5.69 Å². The van der Waals surface area contributed by atoms with E-state index in [9.17, 15) is 9.59 Å². The van der Waals surface area contributed by atoms with Crippen LogP contribution in [0.1, 0.15) is 10.5 Å². The third-order valence-electron chi connectivity index (χ3n) is 3.67. The number of carbonyl (C=O) groups is 1. The second-order valence-electron chi connectivity index (χ2n) is 5.27. The lowest BCUT2D eigenvalue weighted by Gasteiger charge is -2.04. The van der Waals surface area contributed by atoms with Crippen molar-refractivity contribution in [2.24, 2.45) is 0 Å². The van der Waals surface area contributed by atoms with Crippen molar-refractivity contribution in [3.8, 4) is 0 Å². The fourth-order valence-electron chi connectivity index (χ4n) is 2.55. The number of hydrogen-bond donors (Lipinski definition) is 3. The number of para-hydroxylation sites is 1. The summed E-state index contributed by atoms with van der Waals surface area (Å²) in [5.41, 5.74) is 1.66. The van der Waals surface area contributed by atoms with Gasteiger partial charge >= 0.3 is 0 Å². The molecular weight excluding hydrogens is 328 g/mol. The third kappa shape index (κ3) is 2.43. The van der Waals surface area contributed by atoms with Gasteiger partial charge in [0.15, 0.2) is 5.69 Å². The predicted molar refractivity (Wildman–Crippen MR) is 93.6 cm³/mol. The van der Waals surface area contributed by atoms with Crippen molar-refractivity contribution in [3.63, 3.8) is 0 Å². The van der Waals surface area contributed by atoms with Gasteiger partial charge in [-0.1, -0.05) is 29.8 Å². The lowest BCUT2D eigenvalue weighted by molar-refractivity contribution is 0.102. The number of benzene rings is 2. The van der Waals surface area contributed by atoms with Crippen molar-refractivity contribution in [1.29, 1.82) is 0 Å². The second-order valence-corrected chi connectivity index (χ2v) is 5.71. The number of amides is 1. The number of hydrogen-bond acceptors (Lipinski definition) is 3. The molecule has 0 aliphatic carbocycles. The summed E-state index contributed by atoms with van der Waals surface area (Å²) >= 11 is 5.82. The average molecular weight is 339 g/mol. The van der Waals surface area contributed by atoms with Gasteiger partial charge in [-0.2, -0.15) is 0 Å². The summed E-state index contributed by atoms with van der Waals surface area (Å²) in [4.78, 5) is 34.6. The molecule has 0 fully saturated rings. The van der Waals surface area contributed by atoms with Gasteiger partial charge in [-0.15, -0.1) is 0 Å². The second kappa shape index (κ2) is 5.50. The van der Waals surface area contributed by atoms with E-state index in [0.29, 0.717) is 21.9 Å². The monoisotopic (exact) mass is 338 g/mol. The van der Waals surface area contributed by atoms with Crippen molar-refractivity contribution >= 4 is 45.3 Å². The van der Waals surface area contributed by atoms with Crippen LogP contribution >= 0.6 is 11.6 Å². The maximum atomic E-state index is 12.4. The first-order chi connectivity index (χ1) is 11.6. The molecule has 7 heteroatoms. The van der Waals surface area contributed by atoms with E-state index in [1.165, 1.54) is 0 Å². The number of H-pyrrole nitrogens is 2. The van der Waals surface area contributed by atoms with Crippen LogP contribution in [0.3, 0.4) is 0 Å². The summed E-state index contributed by atoms with van der Waals surface area (Å²) < 4.78 is 0. The first kappa shape index (κ1) is 14.5. The van der Waals surface area contributed by atoms with Gasteiger partial charge in [0.05, 0.1) is 0 Å². The molecule has 3 N–H and O–H groups in total. The molecule has 4 aromatic rings. The number of aromatic amines is 2. The van der Waals surface area contributed by atoms with Gasteiger partial charge in [0, 0.05) is 21.6 Å². The molecule has 0 unspecified atom stereocenters. The van der Waals surface area contributed by atoms with E-state index < -0.39 is 11.5 Å². The number of fused-ring (bicyclic) bond motifs is 3. The molecule has 0 aliphatic heterocycles. The number of anilines is 1. The SMILES string of the molecule is O=C(Nc1ccc(Cl)cc1)c1nc2c([nH]c1=O)[nH]c1ccccc12. The average Bonchev–Trinajstić information content (AvgIpc) is 2.93. The Morgan fingerprint density at radius 2 is 1.79 bits per heavy atom. The van der Waals surface area contributed by atoms with Crippen LogP contribution in [0, 0.1) is 0 Å². The quantitative estimate of drug-likeness (QED) is 0.523. The lowest BCUT2D eigenvalue weighted by atomic mass is 10.2. The number of nitrogens with one attached hydrogen (secondary N) is 3. The Morgan fingerprint density at radius 3 is 2.58 bits per heavy atom. The topological polar surface area (TPSA) is 90.6 Å². The Labute approximate surface area is 140 Å². The van der Waals surface area contributed by atoms with Crippen LogP contribution in [-0.2, 0) is 0 Å². The minimum Gasteiger partial charge on any atom is -0.339 e. The summed E-state index contributed by atoms with van der Waals surface area (Å²) in [5.74, 6) is -0.578. The van der Waals surface area contributed by atoms with Gasteiger partial charge in [-0.05, 0) is 30.3 Å². The molecule has 0 saturated carbocycles. The van der Waals surface area contributed by atoms with Gasteiger partial charge in [-0.25, -0.2) is 4.98 Å². The Balaban J connectivity index is 1.79. The molecule has 2 aromatic carbocycles. The highest BCUT2D eigenvalue weighted by Crippen LogP contribution is 2.21. The maximum absolute atomic E-state index is 12.4. The maximum Gasteiger partial charge on any atom is 0.281 e. The van der Waals surface area contributed by atoms with Crippen LogP contribution in [0.15, 0.2) is 53.3 Å². The van der Waals surface area contributed by atoms with Crippen molar-refractivity contribution in [2.45, 2.75) is 0 Å². The number of aromatic nitrogens is 3. The molecule has 0 radical (unpaired) electrons. The first-order valence-corrected chi connectivity index (χ1v) is 7.57. The van der Waals surface area contributed by atoms with Gasteiger partial charge in [0.1, 0.15) is 11.2 Å². The summed E-state index contributed by atoms with van der Waals surface area (Å²) in [6.07, 6.45) is 0. The Kier molecular flexibility index (Phi) is 3.32. The van der Waals surface area contributed by atoms with Crippen molar-refractivity contribution < 1.29 is 4.79 Å². The molecule has 2 heterocycles. The number of rotatable bonds is 2. The molecule has 1 amide bonds. The van der Waals surface area contributed by atoms with Crippen LogP contribution < -0.4 is 10.9 Å². The van der Waals surface area contributed by atoms with Crippen LogP contribution in [0.5, 0.6) is 0 Å². The molecule has 0 bridgehead atoms. The Hall–Kier alpha value is -3.12. The number of carbonyl (C=O) groups excluding carboxylic acids is 1. The van der Waals surface area contributed by atoms with E-state index in [2.05, 4.69) is 20.3 Å². The highest BCUT2D eigenvalue weighted by atomic mass is 35.5. The zero-order chi connectivity index (χ0) is 16.7. The van der Waals surface area contributed by atoms with E-state index in [-0.39, 0.29) is 5.69 Å². The highest BCUT2D eigenvalue weighted by Gasteiger charge is 2.16. The highest BCUT2D eigenvalue weighted by molar-refractivity contribution is 6.30. The molecule has 118 valence electrons. The smallest absolute Gasteiger partial charge is 0.281 e. The van der Waals surface area contributed by atoms with Gasteiger partial charge in [0.25, 0.3) is 11.5 Å². The molecule has 0 saturated heterocycles. The summed E-state index contributed by atoms with van der Waals surface area (Å²) in [6.45, 7) is 0. The lowest BCUT2D eigenvalue weighted by Crippen LogP contribution is -2.25. The van der Waals surface area contributed by atoms with Crippen molar-refractivity contribution in [3.05, 3.63) is 69.6 Å². The van der Waals surface area contributed by atoms with Gasteiger partial charge in [0.2, 0.25) is 0 Å². The van der Waals surface area contributed by atoms with Crippen LogP contribution in [-0.4, -0.2) is 20.9 Å². The predicted octanol–water partition coefficient (Wildman–Crippen LogP) is 3.31. The van der Waals surface area contributed by atoms with E-state index in [1.54, 1.807) is 24.3 Å². The number of nitrogens with zero attached hydrogens (tertiary/aromatic N) is 1. The standard InChI is InChI=1S/C17H11ClN4O2/c18-9-5-7-10(8-6-9)19-16(23)14-17(24)22-15-13(21-14)11-3-1-2-4-12(11)20-15/h1-8H,(H,19,23)(H2,20,22,24). The normalized spacial score (nSPS) is 11.0. The van der Waals surface area contributed by atoms with Crippen LogP contribution in [0.2, 0.25) is 5.02 Å². The van der Waals surface area contributed by atoms with E-state index in [0.717, 1.165) is 10.9 Å². The fraction of sp³-hybridized carbons (Fsp3) is 0. The van der Waals surface area contributed by atoms with E-state index in [1.807, 2.05) is 24.3 Å². The molecular formula is C17H11ClN4O2.